The summed E-state index contributed by atoms with van der Waals surface area (Å²) in [5, 5.41) is 0. The lowest BCUT2D eigenvalue weighted by molar-refractivity contribution is 0.0719. The van der Waals surface area contributed by atoms with Gasteiger partial charge in [0.25, 0.3) is 11.8 Å². The quantitative estimate of drug-likeness (QED) is 0.511. The second-order valence-corrected chi connectivity index (χ2v) is 6.90. The van der Waals surface area contributed by atoms with Crippen LogP contribution in [0.1, 0.15) is 20.7 Å². The van der Waals surface area contributed by atoms with Crippen molar-refractivity contribution in [2.24, 2.45) is 0 Å². The van der Waals surface area contributed by atoms with E-state index in [-0.39, 0.29) is 24.9 Å². The minimum Gasteiger partial charge on any atom is -0.408 e. The van der Waals surface area contributed by atoms with Gasteiger partial charge >= 0.3 is 11.5 Å². The maximum Gasteiger partial charge on any atom is 0.417 e. The van der Waals surface area contributed by atoms with Crippen LogP contribution in [0.2, 0.25) is 0 Å². The van der Waals surface area contributed by atoms with Crippen molar-refractivity contribution < 1.29 is 18.4 Å². The molecule has 30 heavy (non-hydrogen) atoms. The summed E-state index contributed by atoms with van der Waals surface area (Å²) in [6, 6.07) is 9.41. The maximum atomic E-state index is 12.6. The van der Waals surface area contributed by atoms with Crippen molar-refractivity contribution >= 4 is 34.0 Å². The summed E-state index contributed by atoms with van der Waals surface area (Å²) in [6.07, 6.45) is 0. The Morgan fingerprint density at radius 1 is 0.767 bits per heavy atom. The van der Waals surface area contributed by atoms with Gasteiger partial charge in [0.2, 0.25) is 0 Å². The average molecular weight is 410 g/mol. The Labute approximate surface area is 168 Å². The first kappa shape index (κ1) is 19.2. The number of rotatable bonds is 5. The van der Waals surface area contributed by atoms with Crippen LogP contribution < -0.4 is 11.5 Å². The molecule has 10 nitrogen and oxygen atoms in total. The third kappa shape index (κ3) is 3.62. The fourth-order valence-corrected chi connectivity index (χ4v) is 3.10. The van der Waals surface area contributed by atoms with Crippen molar-refractivity contribution in [3.05, 3.63) is 68.6 Å². The molecule has 154 valence electrons. The zero-order chi connectivity index (χ0) is 21.4. The summed E-state index contributed by atoms with van der Waals surface area (Å²) >= 11 is 0. The third-order valence-corrected chi connectivity index (χ3v) is 4.80. The van der Waals surface area contributed by atoms with Crippen molar-refractivity contribution in [1.29, 1.82) is 0 Å². The molecule has 0 aliphatic carbocycles. The van der Waals surface area contributed by atoms with Crippen molar-refractivity contribution in [2.45, 2.75) is 0 Å². The first-order valence-corrected chi connectivity index (χ1v) is 9.08. The molecule has 2 amide bonds. The molecule has 0 bridgehead atoms. The summed E-state index contributed by atoms with van der Waals surface area (Å²) in [4.78, 5) is 55.8. The molecule has 4 aromatic rings. The van der Waals surface area contributed by atoms with Gasteiger partial charge in [0, 0.05) is 38.3 Å². The number of likely N-dealkylation sites (N-methyl/N-ethyl adjacent to an activating group) is 2. The molecule has 0 saturated heterocycles. The molecule has 10 heteroatoms. The Morgan fingerprint density at radius 3 is 1.57 bits per heavy atom. The Hall–Kier alpha value is -4.08. The number of carbonyl (C=O) groups is 2. The van der Waals surface area contributed by atoms with Crippen LogP contribution in [-0.2, 0) is 0 Å². The van der Waals surface area contributed by atoms with Gasteiger partial charge < -0.3 is 18.6 Å². The first-order valence-electron chi connectivity index (χ1n) is 9.08. The minimum absolute atomic E-state index is 0.267. The van der Waals surface area contributed by atoms with Crippen molar-refractivity contribution in [3.8, 4) is 0 Å². The van der Waals surface area contributed by atoms with E-state index in [1.165, 1.54) is 21.9 Å². The molecule has 4 rings (SSSR count). The summed E-state index contributed by atoms with van der Waals surface area (Å²) < 4.78 is 9.97. The highest BCUT2D eigenvalue weighted by molar-refractivity contribution is 5.98. The van der Waals surface area contributed by atoms with E-state index in [1.807, 2.05) is 0 Å². The topological polar surface area (TPSA) is 133 Å². The van der Waals surface area contributed by atoms with Crippen molar-refractivity contribution in [2.75, 3.05) is 27.2 Å². The predicted octanol–water partition coefficient (Wildman–Crippen LogP) is 1.40. The van der Waals surface area contributed by atoms with Crippen LogP contribution in [0.5, 0.6) is 0 Å². The van der Waals surface area contributed by atoms with E-state index >= 15 is 0 Å². The van der Waals surface area contributed by atoms with Crippen LogP contribution in [0, 0.1) is 0 Å². The van der Waals surface area contributed by atoms with E-state index in [9.17, 15) is 19.2 Å². The molecule has 2 N–H and O–H groups in total. The SMILES string of the molecule is CN(CCN(C)C(=O)c1ccc2[nH]c(=O)oc2c1)C(=O)c1ccc2[nH]c(=O)oc2c1. The first-order chi connectivity index (χ1) is 14.3. The smallest absolute Gasteiger partial charge is 0.408 e. The molecule has 0 atom stereocenters. The van der Waals surface area contributed by atoms with Gasteiger partial charge in [0.05, 0.1) is 11.0 Å². The fraction of sp³-hybridized carbons (Fsp3) is 0.200. The summed E-state index contributed by atoms with van der Waals surface area (Å²) in [5.74, 6) is -1.70. The summed E-state index contributed by atoms with van der Waals surface area (Å²) in [6.45, 7) is 0.579. The van der Waals surface area contributed by atoms with E-state index < -0.39 is 11.5 Å². The molecule has 0 saturated carbocycles. The van der Waals surface area contributed by atoms with Crippen LogP contribution in [0.15, 0.2) is 54.8 Å². The summed E-state index contributed by atoms with van der Waals surface area (Å²) in [5.41, 5.74) is 2.38. The van der Waals surface area contributed by atoms with Gasteiger partial charge in [-0.3, -0.25) is 19.6 Å². The lowest BCUT2D eigenvalue weighted by Crippen LogP contribution is -2.37. The maximum absolute atomic E-state index is 12.6. The van der Waals surface area contributed by atoms with Gasteiger partial charge in [-0.05, 0) is 36.4 Å². The van der Waals surface area contributed by atoms with E-state index in [0.717, 1.165) is 0 Å². The molecular weight excluding hydrogens is 392 g/mol. The second-order valence-electron chi connectivity index (χ2n) is 6.90. The normalized spacial score (nSPS) is 11.1. The number of H-pyrrole nitrogens is 2. The molecule has 2 aromatic carbocycles. The highest BCUT2D eigenvalue weighted by atomic mass is 16.4. The zero-order valence-corrected chi connectivity index (χ0v) is 16.2. The highest BCUT2D eigenvalue weighted by Crippen LogP contribution is 2.15. The number of aromatic amines is 2. The number of hydrogen-bond acceptors (Lipinski definition) is 6. The van der Waals surface area contributed by atoms with Crippen LogP contribution >= 0.6 is 0 Å². The molecule has 0 aliphatic heterocycles. The monoisotopic (exact) mass is 410 g/mol. The van der Waals surface area contributed by atoms with Crippen molar-refractivity contribution in [1.82, 2.24) is 19.8 Å². The average Bonchev–Trinajstić information content (AvgIpc) is 3.29. The number of aromatic nitrogens is 2. The molecule has 0 fully saturated rings. The van der Waals surface area contributed by atoms with E-state index in [4.69, 9.17) is 8.83 Å². The Bertz CT molecular complexity index is 1270. The van der Waals surface area contributed by atoms with Gasteiger partial charge in [-0.15, -0.1) is 0 Å². The number of nitrogens with zero attached hydrogens (tertiary/aromatic N) is 2. The second kappa shape index (κ2) is 7.39. The Morgan fingerprint density at radius 2 is 1.17 bits per heavy atom. The number of amides is 2. The van der Waals surface area contributed by atoms with Crippen LogP contribution in [0.3, 0.4) is 0 Å². The van der Waals surface area contributed by atoms with Crippen molar-refractivity contribution in [3.63, 3.8) is 0 Å². The Balaban J connectivity index is 1.41. The van der Waals surface area contributed by atoms with E-state index in [0.29, 0.717) is 33.3 Å². The number of nitrogens with one attached hydrogen (secondary N) is 2. The summed E-state index contributed by atoms with van der Waals surface area (Å²) in [7, 11) is 3.25. The largest absolute Gasteiger partial charge is 0.417 e. The predicted molar refractivity (Wildman–Crippen MR) is 108 cm³/mol. The Kier molecular flexibility index (Phi) is 4.74. The number of oxazole rings is 2. The molecule has 0 aliphatic rings. The molecule has 2 aromatic heterocycles. The zero-order valence-electron chi connectivity index (χ0n) is 16.2. The molecule has 2 heterocycles. The van der Waals surface area contributed by atoms with Gasteiger partial charge in [0.15, 0.2) is 11.2 Å². The third-order valence-electron chi connectivity index (χ3n) is 4.80. The van der Waals surface area contributed by atoms with E-state index in [1.54, 1.807) is 38.4 Å². The molecular formula is C20H18N4O6. The number of hydrogen-bond donors (Lipinski definition) is 2. The number of benzene rings is 2. The lowest BCUT2D eigenvalue weighted by atomic mass is 10.1. The molecule has 0 spiro atoms. The minimum atomic E-state index is -0.583. The van der Waals surface area contributed by atoms with Gasteiger partial charge in [-0.25, -0.2) is 9.59 Å². The van der Waals surface area contributed by atoms with Crippen LogP contribution in [0.4, 0.5) is 0 Å². The number of fused-ring (bicyclic) bond motifs is 2. The van der Waals surface area contributed by atoms with Gasteiger partial charge in [-0.1, -0.05) is 0 Å². The standard InChI is InChI=1S/C20H18N4O6/c1-23(17(25)11-3-5-13-15(9-11)29-19(27)21-13)7-8-24(2)18(26)12-4-6-14-16(10-12)30-20(28)22-14/h3-6,9-10H,7-8H2,1-2H3,(H,21,27)(H,22,28). The number of carbonyl (C=O) groups excluding carboxylic acids is 2. The lowest BCUT2D eigenvalue weighted by Gasteiger charge is -2.22. The molecule has 0 radical (unpaired) electrons. The van der Waals surface area contributed by atoms with Crippen LogP contribution in [-0.4, -0.2) is 58.8 Å². The van der Waals surface area contributed by atoms with Crippen LogP contribution in [0.25, 0.3) is 22.2 Å². The van der Waals surface area contributed by atoms with Gasteiger partial charge in [-0.2, -0.15) is 0 Å². The fourth-order valence-electron chi connectivity index (χ4n) is 3.10. The van der Waals surface area contributed by atoms with Gasteiger partial charge in [0.1, 0.15) is 0 Å². The highest BCUT2D eigenvalue weighted by Gasteiger charge is 2.17. The van der Waals surface area contributed by atoms with E-state index in [2.05, 4.69) is 9.97 Å². The molecule has 0 unspecified atom stereocenters.